The van der Waals surface area contributed by atoms with Gasteiger partial charge in [0.1, 0.15) is 0 Å². The van der Waals surface area contributed by atoms with Gasteiger partial charge in [0.25, 0.3) is 5.56 Å². The number of hydrogen-bond donors (Lipinski definition) is 1. The normalized spacial score (nSPS) is 15.8. The van der Waals surface area contributed by atoms with Crippen LogP contribution in [0.5, 0.6) is 0 Å². The number of aryl methyl sites for hydroxylation is 2. The Hall–Kier alpha value is -2.84. The number of aromatic amines is 1. The third-order valence-corrected chi connectivity index (χ3v) is 8.27. The third kappa shape index (κ3) is 5.09. The molecule has 8 heteroatoms. The summed E-state index contributed by atoms with van der Waals surface area (Å²) in [5.74, 6) is 0.916. The molecule has 1 aromatic carbocycles. The van der Waals surface area contributed by atoms with Crippen LogP contribution in [-0.4, -0.2) is 30.1 Å². The van der Waals surface area contributed by atoms with Crippen molar-refractivity contribution in [2.45, 2.75) is 84.5 Å². The molecule has 0 spiro atoms. The number of rotatable bonds is 8. The monoisotopic (exact) mass is 490 g/mol. The van der Waals surface area contributed by atoms with Crippen molar-refractivity contribution < 1.29 is 0 Å². The standard InChI is InChI=1S/C27H34N6OS/c1-4-25(26-29-30-31-33(26)22-9-6-5-7-10-22)32(17-23-11-8-12-35-23)16-21-15-20-13-18(2)19(3)14-24(20)28-27(21)34/h8,11-15,22,25H,4-7,9-10,16-17H2,1-3H3,(H,28,34)/t25-/m1/s1. The molecule has 1 aliphatic rings. The Labute approximate surface area is 210 Å². The summed E-state index contributed by atoms with van der Waals surface area (Å²) in [6, 6.07) is 10.9. The largest absolute Gasteiger partial charge is 0.322 e. The van der Waals surface area contributed by atoms with E-state index < -0.39 is 0 Å². The van der Waals surface area contributed by atoms with Crippen molar-refractivity contribution in [3.8, 4) is 0 Å². The number of H-pyrrole nitrogens is 1. The van der Waals surface area contributed by atoms with Crippen LogP contribution in [0.1, 0.15) is 84.9 Å². The van der Waals surface area contributed by atoms with E-state index in [1.165, 1.54) is 35.3 Å². The first-order valence-corrected chi connectivity index (χ1v) is 13.6. The highest BCUT2D eigenvalue weighted by Crippen LogP contribution is 2.33. The van der Waals surface area contributed by atoms with Crippen molar-refractivity contribution >= 4 is 22.2 Å². The van der Waals surface area contributed by atoms with Crippen LogP contribution < -0.4 is 5.56 Å². The number of hydrogen-bond acceptors (Lipinski definition) is 6. The molecule has 0 aliphatic heterocycles. The molecular formula is C27H34N6OS. The van der Waals surface area contributed by atoms with E-state index in [4.69, 9.17) is 0 Å². The van der Waals surface area contributed by atoms with Crippen LogP contribution >= 0.6 is 11.3 Å². The molecule has 1 aliphatic carbocycles. The summed E-state index contributed by atoms with van der Waals surface area (Å²) in [6.45, 7) is 7.65. The Morgan fingerprint density at radius 3 is 2.69 bits per heavy atom. The van der Waals surface area contributed by atoms with E-state index >= 15 is 0 Å². The predicted octanol–water partition coefficient (Wildman–Crippen LogP) is 5.85. The first-order chi connectivity index (χ1) is 17.0. The van der Waals surface area contributed by atoms with Crippen molar-refractivity contribution in [3.05, 3.63) is 73.5 Å². The number of nitrogens with zero attached hydrogens (tertiary/aromatic N) is 5. The Balaban J connectivity index is 1.52. The summed E-state index contributed by atoms with van der Waals surface area (Å²) < 4.78 is 2.07. The van der Waals surface area contributed by atoms with Gasteiger partial charge in [-0.25, -0.2) is 4.68 Å². The van der Waals surface area contributed by atoms with Gasteiger partial charge in [0.05, 0.1) is 12.1 Å². The number of pyridine rings is 1. The predicted molar refractivity (Wildman–Crippen MR) is 141 cm³/mol. The summed E-state index contributed by atoms with van der Waals surface area (Å²) in [4.78, 5) is 19.9. The topological polar surface area (TPSA) is 79.7 Å². The summed E-state index contributed by atoms with van der Waals surface area (Å²) in [6.07, 6.45) is 6.86. The van der Waals surface area contributed by atoms with E-state index in [1.54, 1.807) is 11.3 Å². The molecule has 0 radical (unpaired) electrons. The van der Waals surface area contributed by atoms with Gasteiger partial charge < -0.3 is 4.98 Å². The number of fused-ring (bicyclic) bond motifs is 1. The first-order valence-electron chi connectivity index (χ1n) is 12.7. The Morgan fingerprint density at radius 1 is 1.14 bits per heavy atom. The average Bonchev–Trinajstić information content (AvgIpc) is 3.55. The van der Waals surface area contributed by atoms with Crippen LogP contribution in [0.3, 0.4) is 0 Å². The molecule has 4 aromatic rings. The molecule has 1 atom stereocenters. The van der Waals surface area contributed by atoms with Gasteiger partial charge in [-0.2, -0.15) is 0 Å². The minimum absolute atomic E-state index is 0.0175. The Kier molecular flexibility index (Phi) is 7.11. The zero-order valence-corrected chi connectivity index (χ0v) is 21.6. The zero-order valence-electron chi connectivity index (χ0n) is 20.8. The minimum atomic E-state index is -0.0290. The first kappa shape index (κ1) is 23.9. The molecule has 1 fully saturated rings. The lowest BCUT2D eigenvalue weighted by molar-refractivity contribution is 0.157. The second-order valence-electron chi connectivity index (χ2n) is 9.83. The molecule has 7 nitrogen and oxygen atoms in total. The van der Waals surface area contributed by atoms with Crippen LogP contribution in [0, 0.1) is 13.8 Å². The maximum atomic E-state index is 13.2. The van der Waals surface area contributed by atoms with Gasteiger partial charge in [0.15, 0.2) is 5.82 Å². The van der Waals surface area contributed by atoms with Gasteiger partial charge in [-0.15, -0.1) is 16.4 Å². The fourth-order valence-electron chi connectivity index (χ4n) is 5.35. The highest BCUT2D eigenvalue weighted by Gasteiger charge is 2.29. The molecule has 3 heterocycles. The quantitative estimate of drug-likeness (QED) is 0.335. The van der Waals surface area contributed by atoms with Crippen molar-refractivity contribution in [2.24, 2.45) is 0 Å². The Morgan fingerprint density at radius 2 is 1.94 bits per heavy atom. The van der Waals surface area contributed by atoms with Crippen molar-refractivity contribution in [2.75, 3.05) is 0 Å². The SMILES string of the molecule is CC[C@H](c1nnnn1C1CCCCC1)N(Cc1cccs1)Cc1cc2cc(C)c(C)cc2[nH]c1=O. The van der Waals surface area contributed by atoms with Crippen molar-refractivity contribution in [1.29, 1.82) is 0 Å². The Bertz CT molecular complexity index is 1340. The van der Waals surface area contributed by atoms with Crippen LogP contribution in [-0.2, 0) is 13.1 Å². The average molecular weight is 491 g/mol. The number of thiophene rings is 1. The van der Waals surface area contributed by atoms with Crippen LogP contribution in [0.25, 0.3) is 10.9 Å². The number of benzene rings is 1. The third-order valence-electron chi connectivity index (χ3n) is 7.41. The number of aromatic nitrogens is 5. The van der Waals surface area contributed by atoms with E-state index in [-0.39, 0.29) is 11.6 Å². The molecular weight excluding hydrogens is 456 g/mol. The van der Waals surface area contributed by atoms with E-state index in [2.05, 4.69) is 86.6 Å². The lowest BCUT2D eigenvalue weighted by atomic mass is 9.95. The highest BCUT2D eigenvalue weighted by molar-refractivity contribution is 7.09. The van der Waals surface area contributed by atoms with Crippen molar-refractivity contribution in [3.63, 3.8) is 0 Å². The lowest BCUT2D eigenvalue weighted by Gasteiger charge is -2.31. The molecule has 1 N–H and O–H groups in total. The summed E-state index contributed by atoms with van der Waals surface area (Å²) in [5.41, 5.74) is 4.04. The zero-order chi connectivity index (χ0) is 24.4. The van der Waals surface area contributed by atoms with E-state index in [0.717, 1.165) is 48.1 Å². The molecule has 0 unspecified atom stereocenters. The van der Waals surface area contributed by atoms with Gasteiger partial charge in [0, 0.05) is 29.0 Å². The van der Waals surface area contributed by atoms with Crippen LogP contribution in [0.15, 0.2) is 40.5 Å². The van der Waals surface area contributed by atoms with Gasteiger partial charge in [-0.05, 0) is 89.7 Å². The summed E-state index contributed by atoms with van der Waals surface area (Å²) >= 11 is 1.74. The smallest absolute Gasteiger partial charge is 0.252 e. The van der Waals surface area contributed by atoms with Gasteiger partial charge in [-0.3, -0.25) is 9.69 Å². The number of tetrazole rings is 1. The van der Waals surface area contributed by atoms with E-state index in [0.29, 0.717) is 12.6 Å². The molecule has 35 heavy (non-hydrogen) atoms. The second kappa shape index (κ2) is 10.4. The molecule has 3 aromatic heterocycles. The van der Waals surface area contributed by atoms with E-state index in [9.17, 15) is 4.79 Å². The van der Waals surface area contributed by atoms with Gasteiger partial charge in [0.2, 0.25) is 0 Å². The molecule has 184 valence electrons. The minimum Gasteiger partial charge on any atom is -0.322 e. The highest BCUT2D eigenvalue weighted by atomic mass is 32.1. The van der Waals surface area contributed by atoms with Gasteiger partial charge >= 0.3 is 0 Å². The maximum Gasteiger partial charge on any atom is 0.252 e. The van der Waals surface area contributed by atoms with Gasteiger partial charge in [-0.1, -0.05) is 32.3 Å². The second-order valence-corrected chi connectivity index (χ2v) is 10.9. The fraction of sp³-hybridized carbons (Fsp3) is 0.481. The molecule has 0 saturated heterocycles. The van der Waals surface area contributed by atoms with E-state index in [1.807, 2.05) is 0 Å². The van der Waals surface area contributed by atoms with Crippen LogP contribution in [0.4, 0.5) is 0 Å². The molecule has 0 bridgehead atoms. The van der Waals surface area contributed by atoms with Crippen LogP contribution in [0.2, 0.25) is 0 Å². The molecule has 0 amide bonds. The lowest BCUT2D eigenvalue weighted by Crippen LogP contribution is -2.33. The summed E-state index contributed by atoms with van der Waals surface area (Å²) in [7, 11) is 0. The van der Waals surface area contributed by atoms with Crippen molar-refractivity contribution in [1.82, 2.24) is 30.1 Å². The molecule has 5 rings (SSSR count). The summed E-state index contributed by atoms with van der Waals surface area (Å²) in [5, 5.41) is 16.2. The molecule has 1 saturated carbocycles. The maximum absolute atomic E-state index is 13.2. The number of nitrogens with one attached hydrogen (secondary N) is 1. The fourth-order valence-corrected chi connectivity index (χ4v) is 6.08.